The van der Waals surface area contributed by atoms with Crippen LogP contribution in [0.3, 0.4) is 0 Å². The van der Waals surface area contributed by atoms with Gasteiger partial charge in [-0.05, 0) is 20.8 Å². The molecule has 1 unspecified atom stereocenters. The van der Waals surface area contributed by atoms with Gasteiger partial charge in [-0.3, -0.25) is 4.79 Å². The van der Waals surface area contributed by atoms with Crippen LogP contribution in [-0.2, 0) is 4.74 Å². The van der Waals surface area contributed by atoms with Crippen molar-refractivity contribution in [1.82, 2.24) is 9.88 Å². The highest BCUT2D eigenvalue weighted by atomic mass is 35.5. The molecule has 0 radical (unpaired) electrons. The van der Waals surface area contributed by atoms with Crippen LogP contribution in [0.4, 0.5) is 0 Å². The van der Waals surface area contributed by atoms with Crippen LogP contribution in [0.1, 0.15) is 29.3 Å². The van der Waals surface area contributed by atoms with E-state index in [0.29, 0.717) is 24.7 Å². The van der Waals surface area contributed by atoms with Crippen LogP contribution in [0.25, 0.3) is 0 Å². The van der Waals surface area contributed by atoms with Gasteiger partial charge in [0.15, 0.2) is 0 Å². The van der Waals surface area contributed by atoms with Crippen LogP contribution in [-0.4, -0.2) is 46.5 Å². The summed E-state index contributed by atoms with van der Waals surface area (Å²) in [4.78, 5) is 18.4. The summed E-state index contributed by atoms with van der Waals surface area (Å²) in [5, 5.41) is 2.70. The standard InChI is InChI=1S/C12H17ClN2O2S/c1-8-14-10(6-18-8)11(16)15-5-9(4-13)17-12(2,3)7-15/h6,9H,4-5,7H2,1-3H3. The van der Waals surface area contributed by atoms with Crippen LogP contribution in [0.15, 0.2) is 5.38 Å². The fraction of sp³-hybridized carbons (Fsp3) is 0.667. The number of aromatic nitrogens is 1. The highest BCUT2D eigenvalue weighted by Crippen LogP contribution is 2.23. The molecule has 100 valence electrons. The van der Waals surface area contributed by atoms with Crippen LogP contribution < -0.4 is 0 Å². The lowest BCUT2D eigenvalue weighted by molar-refractivity contribution is -0.117. The molecular weight excluding hydrogens is 272 g/mol. The van der Waals surface area contributed by atoms with Crippen LogP contribution in [0, 0.1) is 6.92 Å². The van der Waals surface area contributed by atoms with Gasteiger partial charge in [0.25, 0.3) is 5.91 Å². The Kier molecular flexibility index (Phi) is 3.94. The Morgan fingerprint density at radius 1 is 1.72 bits per heavy atom. The van der Waals surface area contributed by atoms with Gasteiger partial charge in [0, 0.05) is 18.5 Å². The van der Waals surface area contributed by atoms with Crippen molar-refractivity contribution in [2.75, 3.05) is 19.0 Å². The van der Waals surface area contributed by atoms with Gasteiger partial charge in [0.1, 0.15) is 5.69 Å². The lowest BCUT2D eigenvalue weighted by atomic mass is 10.1. The summed E-state index contributed by atoms with van der Waals surface area (Å²) >= 11 is 7.34. The van der Waals surface area contributed by atoms with Gasteiger partial charge in [0.2, 0.25) is 0 Å². The Balaban J connectivity index is 2.14. The van der Waals surface area contributed by atoms with Gasteiger partial charge in [-0.15, -0.1) is 22.9 Å². The third-order valence-electron chi connectivity index (χ3n) is 2.78. The first kappa shape index (κ1) is 13.8. The molecule has 1 atom stereocenters. The smallest absolute Gasteiger partial charge is 0.273 e. The van der Waals surface area contributed by atoms with Crippen molar-refractivity contribution in [2.24, 2.45) is 0 Å². The lowest BCUT2D eigenvalue weighted by Gasteiger charge is -2.42. The molecule has 0 bridgehead atoms. The molecule has 1 aliphatic rings. The number of aryl methyl sites for hydroxylation is 1. The molecule has 1 aromatic rings. The number of hydrogen-bond donors (Lipinski definition) is 0. The topological polar surface area (TPSA) is 42.4 Å². The predicted octanol–water partition coefficient (Wildman–Crippen LogP) is 2.31. The number of thiazole rings is 1. The van der Waals surface area contributed by atoms with E-state index in [1.807, 2.05) is 20.8 Å². The first-order valence-corrected chi connectivity index (χ1v) is 7.28. The fourth-order valence-corrected chi connectivity index (χ4v) is 2.90. The van der Waals surface area contributed by atoms with E-state index in [-0.39, 0.29) is 17.6 Å². The number of carbonyl (C=O) groups excluding carboxylic acids is 1. The molecule has 0 saturated carbocycles. The van der Waals surface area contributed by atoms with Crippen molar-refractivity contribution in [3.05, 3.63) is 16.1 Å². The summed E-state index contributed by atoms with van der Waals surface area (Å²) in [5.41, 5.74) is 0.155. The second-order valence-electron chi connectivity index (χ2n) is 5.09. The van der Waals surface area contributed by atoms with E-state index in [4.69, 9.17) is 16.3 Å². The highest BCUT2D eigenvalue weighted by Gasteiger charge is 2.36. The summed E-state index contributed by atoms with van der Waals surface area (Å²) in [7, 11) is 0. The maximum Gasteiger partial charge on any atom is 0.273 e. The summed E-state index contributed by atoms with van der Waals surface area (Å²) in [5.74, 6) is 0.356. The Morgan fingerprint density at radius 2 is 2.44 bits per heavy atom. The molecule has 0 N–H and O–H groups in total. The summed E-state index contributed by atoms with van der Waals surface area (Å²) in [6, 6.07) is 0. The minimum absolute atomic E-state index is 0.0363. The Hall–Kier alpha value is -0.650. The van der Waals surface area contributed by atoms with Gasteiger partial charge in [-0.2, -0.15) is 0 Å². The fourth-order valence-electron chi connectivity index (χ4n) is 2.15. The summed E-state index contributed by atoms with van der Waals surface area (Å²) < 4.78 is 5.80. The monoisotopic (exact) mass is 288 g/mol. The molecule has 4 nitrogen and oxygen atoms in total. The van der Waals surface area contributed by atoms with E-state index in [0.717, 1.165) is 5.01 Å². The average molecular weight is 289 g/mol. The van der Waals surface area contributed by atoms with Crippen LogP contribution in [0.5, 0.6) is 0 Å². The molecular formula is C12H17ClN2O2S. The number of nitrogens with zero attached hydrogens (tertiary/aromatic N) is 2. The second-order valence-corrected chi connectivity index (χ2v) is 6.46. The Labute approximate surface area is 116 Å². The van der Waals surface area contributed by atoms with E-state index in [9.17, 15) is 4.79 Å². The van der Waals surface area contributed by atoms with E-state index in [1.54, 1.807) is 10.3 Å². The van der Waals surface area contributed by atoms with Crippen LogP contribution >= 0.6 is 22.9 Å². The molecule has 6 heteroatoms. The molecule has 1 fully saturated rings. The number of carbonyl (C=O) groups is 1. The van der Waals surface area contributed by atoms with Crippen molar-refractivity contribution in [3.8, 4) is 0 Å². The second kappa shape index (κ2) is 5.15. The van der Waals surface area contributed by atoms with Gasteiger partial charge in [0.05, 0.1) is 22.6 Å². The third-order valence-corrected chi connectivity index (χ3v) is 3.90. The van der Waals surface area contributed by atoms with Crippen molar-refractivity contribution in [1.29, 1.82) is 0 Å². The number of hydrogen-bond acceptors (Lipinski definition) is 4. The largest absolute Gasteiger partial charge is 0.367 e. The molecule has 2 rings (SSSR count). The number of morpholine rings is 1. The zero-order valence-corrected chi connectivity index (χ0v) is 12.3. The van der Waals surface area contributed by atoms with Crippen LogP contribution in [0.2, 0.25) is 0 Å². The molecule has 2 heterocycles. The molecule has 18 heavy (non-hydrogen) atoms. The lowest BCUT2D eigenvalue weighted by Crippen LogP contribution is -2.55. The Bertz CT molecular complexity index is 447. The normalized spacial score (nSPS) is 23.1. The van der Waals surface area contributed by atoms with Crippen molar-refractivity contribution >= 4 is 28.8 Å². The minimum Gasteiger partial charge on any atom is -0.367 e. The number of ether oxygens (including phenoxy) is 1. The molecule has 1 aromatic heterocycles. The summed E-state index contributed by atoms with van der Waals surface area (Å²) in [6.07, 6.45) is -0.112. The van der Waals surface area contributed by atoms with E-state index in [1.165, 1.54) is 11.3 Å². The maximum atomic E-state index is 12.3. The number of alkyl halides is 1. The molecule has 1 saturated heterocycles. The van der Waals surface area contributed by atoms with Crippen molar-refractivity contribution < 1.29 is 9.53 Å². The first-order valence-electron chi connectivity index (χ1n) is 5.86. The first-order chi connectivity index (χ1) is 8.41. The quantitative estimate of drug-likeness (QED) is 0.784. The number of rotatable bonds is 2. The third kappa shape index (κ3) is 3.02. The van der Waals surface area contributed by atoms with Gasteiger partial charge in [-0.25, -0.2) is 4.98 Å². The van der Waals surface area contributed by atoms with Crippen molar-refractivity contribution in [2.45, 2.75) is 32.5 Å². The number of amides is 1. The SMILES string of the molecule is Cc1nc(C(=O)N2CC(CCl)OC(C)(C)C2)cs1. The molecule has 0 aromatic carbocycles. The predicted molar refractivity (Wildman–Crippen MR) is 72.4 cm³/mol. The summed E-state index contributed by atoms with van der Waals surface area (Å²) in [6.45, 7) is 6.93. The maximum absolute atomic E-state index is 12.3. The van der Waals surface area contributed by atoms with Gasteiger partial charge < -0.3 is 9.64 Å². The van der Waals surface area contributed by atoms with Crippen molar-refractivity contribution in [3.63, 3.8) is 0 Å². The zero-order valence-electron chi connectivity index (χ0n) is 10.8. The molecule has 1 aliphatic heterocycles. The van der Waals surface area contributed by atoms with E-state index < -0.39 is 0 Å². The van der Waals surface area contributed by atoms with E-state index in [2.05, 4.69) is 4.98 Å². The Morgan fingerprint density at radius 3 is 3.00 bits per heavy atom. The van der Waals surface area contributed by atoms with Gasteiger partial charge >= 0.3 is 0 Å². The molecule has 0 aliphatic carbocycles. The van der Waals surface area contributed by atoms with E-state index >= 15 is 0 Å². The van der Waals surface area contributed by atoms with Gasteiger partial charge in [-0.1, -0.05) is 0 Å². The highest BCUT2D eigenvalue weighted by molar-refractivity contribution is 7.09. The molecule has 1 amide bonds. The average Bonchev–Trinajstić information content (AvgIpc) is 2.72. The number of halogens is 1. The zero-order chi connectivity index (χ0) is 13.3. The molecule has 0 spiro atoms. The minimum atomic E-state index is -0.363.